The average Bonchev–Trinajstić information content (AvgIpc) is 2.65. The number of carbonyl (C=O) groups excluding carboxylic acids is 2. The maximum Gasteiger partial charge on any atom is 0.274 e. The predicted molar refractivity (Wildman–Crippen MR) is 100 cm³/mol. The van der Waals surface area contributed by atoms with Gasteiger partial charge < -0.3 is 16.0 Å². The van der Waals surface area contributed by atoms with Crippen molar-refractivity contribution in [3.63, 3.8) is 0 Å². The molecule has 2 amide bonds. The summed E-state index contributed by atoms with van der Waals surface area (Å²) in [7, 11) is 0. The Morgan fingerprint density at radius 1 is 0.852 bits per heavy atom. The third-order valence-electron chi connectivity index (χ3n) is 3.45. The molecule has 0 aliphatic heterocycles. The molecule has 1 heterocycles. The Morgan fingerprint density at radius 3 is 2.11 bits per heavy atom. The van der Waals surface area contributed by atoms with Gasteiger partial charge in [-0.1, -0.05) is 0 Å². The lowest BCUT2D eigenvalue weighted by Gasteiger charge is -2.08. The number of anilines is 4. The Kier molecular flexibility index (Phi) is 5.36. The number of benzene rings is 2. The van der Waals surface area contributed by atoms with Crippen molar-refractivity contribution in [3.05, 3.63) is 72.3 Å². The number of nitrogens with one attached hydrogen (secondary N) is 3. The average molecular weight is 365 g/mol. The predicted octanol–water partition coefficient (Wildman–Crippen LogP) is 3.57. The highest BCUT2D eigenvalue weighted by Gasteiger charge is 2.10. The summed E-state index contributed by atoms with van der Waals surface area (Å²) >= 11 is 0. The molecule has 136 valence electrons. The minimum atomic E-state index is -0.437. The molecule has 3 N–H and O–H groups in total. The lowest BCUT2D eigenvalue weighted by atomic mass is 10.3. The van der Waals surface area contributed by atoms with Crippen molar-refractivity contribution in [1.29, 1.82) is 0 Å². The van der Waals surface area contributed by atoms with Gasteiger partial charge in [0.1, 0.15) is 11.5 Å². The summed E-state index contributed by atoms with van der Waals surface area (Å²) in [6, 6.07) is 13.9. The molecule has 3 rings (SSSR count). The SMILES string of the molecule is CC(=O)Nc1ccc(Nc2nccc(C(=O)Nc3ccc(F)cc3)n2)cc1. The first-order valence-corrected chi connectivity index (χ1v) is 8.04. The second kappa shape index (κ2) is 8.05. The summed E-state index contributed by atoms with van der Waals surface area (Å²) in [5, 5.41) is 8.30. The van der Waals surface area contributed by atoms with Crippen molar-refractivity contribution in [1.82, 2.24) is 9.97 Å². The summed E-state index contributed by atoms with van der Waals surface area (Å²) in [6.07, 6.45) is 1.46. The monoisotopic (exact) mass is 365 g/mol. The second-order valence-electron chi connectivity index (χ2n) is 5.61. The first kappa shape index (κ1) is 18.0. The number of aromatic nitrogens is 2. The van der Waals surface area contributed by atoms with Gasteiger partial charge in [0.05, 0.1) is 0 Å². The number of carbonyl (C=O) groups is 2. The van der Waals surface area contributed by atoms with Gasteiger partial charge >= 0.3 is 0 Å². The first-order valence-electron chi connectivity index (χ1n) is 8.04. The first-order chi connectivity index (χ1) is 13.0. The zero-order valence-corrected chi connectivity index (χ0v) is 14.4. The van der Waals surface area contributed by atoms with Crippen molar-refractivity contribution in [2.45, 2.75) is 6.92 Å². The maximum absolute atomic E-state index is 12.9. The number of amides is 2. The number of nitrogens with zero attached hydrogens (tertiary/aromatic N) is 2. The number of rotatable bonds is 5. The molecule has 0 saturated carbocycles. The van der Waals surface area contributed by atoms with Gasteiger partial charge in [-0.3, -0.25) is 9.59 Å². The Morgan fingerprint density at radius 2 is 1.44 bits per heavy atom. The fraction of sp³-hybridized carbons (Fsp3) is 0.0526. The molecule has 0 atom stereocenters. The topological polar surface area (TPSA) is 96.0 Å². The Balaban J connectivity index is 1.68. The lowest BCUT2D eigenvalue weighted by Crippen LogP contribution is -2.14. The zero-order valence-electron chi connectivity index (χ0n) is 14.4. The van der Waals surface area contributed by atoms with Gasteiger partial charge in [-0.15, -0.1) is 0 Å². The summed E-state index contributed by atoms with van der Waals surface area (Å²) in [4.78, 5) is 31.6. The van der Waals surface area contributed by atoms with E-state index in [-0.39, 0.29) is 23.4 Å². The van der Waals surface area contributed by atoms with Crippen LogP contribution in [-0.4, -0.2) is 21.8 Å². The molecule has 0 spiro atoms. The molecule has 0 fully saturated rings. The highest BCUT2D eigenvalue weighted by Crippen LogP contribution is 2.17. The summed E-state index contributed by atoms with van der Waals surface area (Å²) in [6.45, 7) is 1.43. The number of halogens is 1. The van der Waals surface area contributed by atoms with E-state index in [1.807, 2.05) is 0 Å². The Bertz CT molecular complexity index is 959. The van der Waals surface area contributed by atoms with E-state index >= 15 is 0 Å². The third-order valence-corrected chi connectivity index (χ3v) is 3.45. The molecule has 3 aromatic rings. The van der Waals surface area contributed by atoms with Gasteiger partial charge in [-0.25, -0.2) is 14.4 Å². The molecular weight excluding hydrogens is 349 g/mol. The van der Waals surface area contributed by atoms with Crippen molar-refractivity contribution in [2.75, 3.05) is 16.0 Å². The van der Waals surface area contributed by atoms with Crippen molar-refractivity contribution in [3.8, 4) is 0 Å². The van der Waals surface area contributed by atoms with E-state index in [2.05, 4.69) is 25.9 Å². The van der Waals surface area contributed by atoms with Gasteiger partial charge in [0.2, 0.25) is 11.9 Å². The fourth-order valence-electron chi connectivity index (χ4n) is 2.24. The molecule has 7 nitrogen and oxygen atoms in total. The molecule has 1 aromatic heterocycles. The molecule has 0 saturated heterocycles. The van der Waals surface area contributed by atoms with Crippen molar-refractivity contribution >= 4 is 34.8 Å². The van der Waals surface area contributed by atoms with Crippen LogP contribution in [0.25, 0.3) is 0 Å². The largest absolute Gasteiger partial charge is 0.326 e. The molecule has 0 unspecified atom stereocenters. The lowest BCUT2D eigenvalue weighted by molar-refractivity contribution is -0.114. The van der Waals surface area contributed by atoms with Crippen LogP contribution in [0.1, 0.15) is 17.4 Å². The van der Waals surface area contributed by atoms with Crippen molar-refractivity contribution in [2.24, 2.45) is 0 Å². The Labute approximate surface area is 154 Å². The van der Waals surface area contributed by atoms with Gasteiger partial charge in [0, 0.05) is 30.2 Å². The van der Waals surface area contributed by atoms with Crippen LogP contribution in [0.3, 0.4) is 0 Å². The highest BCUT2D eigenvalue weighted by molar-refractivity contribution is 6.03. The highest BCUT2D eigenvalue weighted by atomic mass is 19.1. The van der Waals surface area contributed by atoms with E-state index in [1.165, 1.54) is 43.5 Å². The van der Waals surface area contributed by atoms with Gasteiger partial charge in [-0.05, 0) is 54.6 Å². The number of hydrogen-bond donors (Lipinski definition) is 3. The summed E-state index contributed by atoms with van der Waals surface area (Å²) in [5.41, 5.74) is 1.98. The van der Waals surface area contributed by atoms with Crippen LogP contribution in [0.5, 0.6) is 0 Å². The van der Waals surface area contributed by atoms with Crippen molar-refractivity contribution < 1.29 is 14.0 Å². The van der Waals surface area contributed by atoms with E-state index in [1.54, 1.807) is 24.3 Å². The molecule has 0 aliphatic rings. The van der Waals surface area contributed by atoms with E-state index in [4.69, 9.17) is 0 Å². The normalized spacial score (nSPS) is 10.1. The Hall–Kier alpha value is -3.81. The van der Waals surface area contributed by atoms with Crippen LogP contribution in [0.4, 0.5) is 27.4 Å². The molecule has 8 heteroatoms. The van der Waals surface area contributed by atoms with E-state index < -0.39 is 5.91 Å². The smallest absolute Gasteiger partial charge is 0.274 e. The van der Waals surface area contributed by atoms with Gasteiger partial charge in [-0.2, -0.15) is 0 Å². The van der Waals surface area contributed by atoms with E-state index in [0.29, 0.717) is 17.1 Å². The zero-order chi connectivity index (χ0) is 19.2. The van der Waals surface area contributed by atoms with Gasteiger partial charge in [0.15, 0.2) is 0 Å². The van der Waals surface area contributed by atoms with Crippen LogP contribution in [0.15, 0.2) is 60.8 Å². The van der Waals surface area contributed by atoms with E-state index in [9.17, 15) is 14.0 Å². The molecule has 27 heavy (non-hydrogen) atoms. The van der Waals surface area contributed by atoms with Crippen LogP contribution in [-0.2, 0) is 4.79 Å². The van der Waals surface area contributed by atoms with E-state index in [0.717, 1.165) is 0 Å². The molecular formula is C19H16FN5O2. The van der Waals surface area contributed by atoms with Crippen LogP contribution < -0.4 is 16.0 Å². The summed E-state index contributed by atoms with van der Waals surface area (Å²) < 4.78 is 12.9. The standard InChI is InChI=1S/C19H16FN5O2/c1-12(26)22-14-6-8-16(9-7-14)24-19-21-11-10-17(25-19)18(27)23-15-4-2-13(20)3-5-15/h2-11H,1H3,(H,22,26)(H,23,27)(H,21,24,25). The van der Waals surface area contributed by atoms with Crippen LogP contribution in [0, 0.1) is 5.82 Å². The molecule has 0 aliphatic carbocycles. The minimum absolute atomic E-state index is 0.154. The quantitative estimate of drug-likeness (QED) is 0.642. The number of hydrogen-bond acceptors (Lipinski definition) is 5. The fourth-order valence-corrected chi connectivity index (χ4v) is 2.24. The molecule has 0 bridgehead atoms. The maximum atomic E-state index is 12.9. The van der Waals surface area contributed by atoms with Crippen LogP contribution >= 0.6 is 0 Å². The second-order valence-corrected chi connectivity index (χ2v) is 5.61. The summed E-state index contributed by atoms with van der Waals surface area (Å²) in [5.74, 6) is -0.730. The van der Waals surface area contributed by atoms with Crippen LogP contribution in [0.2, 0.25) is 0 Å². The minimum Gasteiger partial charge on any atom is -0.326 e. The third kappa shape index (κ3) is 5.08. The molecule has 2 aromatic carbocycles. The molecule has 0 radical (unpaired) electrons. The van der Waals surface area contributed by atoms with Gasteiger partial charge in [0.25, 0.3) is 5.91 Å².